The van der Waals surface area contributed by atoms with Gasteiger partial charge in [-0.15, -0.1) is 0 Å². The molecule has 0 bridgehead atoms. The molecule has 0 spiro atoms. The SMILES string of the molecule is FC(F)=C(C(F)(F)F)C(F)(F)N1CC(C(F)(F)F)OC(C(F)(F)F)C1. The first-order chi connectivity index (χ1) is 10.9. The van der Waals surface area contributed by atoms with Crippen LogP contribution in [0.5, 0.6) is 0 Å². The molecular weight excluding hydrogens is 397 g/mol. The molecule has 0 radical (unpaired) electrons. The lowest BCUT2D eigenvalue weighted by Gasteiger charge is -2.42. The van der Waals surface area contributed by atoms with Crippen LogP contribution in [-0.4, -0.2) is 54.8 Å². The predicted octanol–water partition coefficient (Wildman–Crippen LogP) is 4.49. The lowest BCUT2D eigenvalue weighted by molar-refractivity contribution is -0.325. The Morgan fingerprint density at radius 3 is 1.32 bits per heavy atom. The Balaban J connectivity index is 3.34. The van der Waals surface area contributed by atoms with E-state index in [2.05, 4.69) is 4.74 Å². The summed E-state index contributed by atoms with van der Waals surface area (Å²) in [7, 11) is 0. The molecule has 1 heterocycles. The first-order valence-electron chi connectivity index (χ1n) is 5.93. The van der Waals surface area contributed by atoms with E-state index < -0.39 is 66.4 Å². The molecule has 0 N–H and O–H groups in total. The molecule has 0 saturated carbocycles. The zero-order valence-corrected chi connectivity index (χ0v) is 11.3. The van der Waals surface area contributed by atoms with Gasteiger partial charge >= 0.3 is 24.6 Å². The maximum atomic E-state index is 13.7. The van der Waals surface area contributed by atoms with E-state index in [9.17, 15) is 57.1 Å². The molecule has 148 valence electrons. The third-order valence-corrected chi connectivity index (χ3v) is 3.00. The van der Waals surface area contributed by atoms with Crippen molar-refractivity contribution < 1.29 is 61.8 Å². The largest absolute Gasteiger partial charge is 0.425 e. The molecule has 0 aromatic heterocycles. The third kappa shape index (κ3) is 4.89. The molecule has 0 aromatic rings. The number of morpholine rings is 1. The van der Waals surface area contributed by atoms with Crippen molar-refractivity contribution in [1.29, 1.82) is 0 Å². The molecular formula is C10H6F13NO. The van der Waals surface area contributed by atoms with Gasteiger partial charge in [0.2, 0.25) is 0 Å². The van der Waals surface area contributed by atoms with Gasteiger partial charge in [0.15, 0.2) is 17.8 Å². The van der Waals surface area contributed by atoms with E-state index in [1.807, 2.05) is 0 Å². The molecule has 1 saturated heterocycles. The second-order valence-electron chi connectivity index (χ2n) is 4.78. The van der Waals surface area contributed by atoms with Gasteiger partial charge in [-0.05, 0) is 0 Å². The van der Waals surface area contributed by atoms with Crippen LogP contribution in [0.3, 0.4) is 0 Å². The van der Waals surface area contributed by atoms with Gasteiger partial charge in [0.25, 0.3) is 6.08 Å². The Morgan fingerprint density at radius 1 is 0.720 bits per heavy atom. The van der Waals surface area contributed by atoms with Crippen molar-refractivity contribution in [3.05, 3.63) is 11.7 Å². The van der Waals surface area contributed by atoms with Crippen LogP contribution in [0.4, 0.5) is 57.1 Å². The van der Waals surface area contributed by atoms with Crippen molar-refractivity contribution in [3.8, 4) is 0 Å². The number of nitrogens with zero attached hydrogens (tertiary/aromatic N) is 1. The van der Waals surface area contributed by atoms with Crippen molar-refractivity contribution in [2.75, 3.05) is 13.1 Å². The molecule has 0 amide bonds. The first-order valence-corrected chi connectivity index (χ1v) is 5.93. The molecule has 25 heavy (non-hydrogen) atoms. The summed E-state index contributed by atoms with van der Waals surface area (Å²) >= 11 is 0. The fraction of sp³-hybridized carbons (Fsp3) is 0.800. The Morgan fingerprint density at radius 2 is 1.08 bits per heavy atom. The molecule has 15 heteroatoms. The molecule has 1 aliphatic rings. The van der Waals surface area contributed by atoms with Crippen LogP contribution in [0.25, 0.3) is 0 Å². The minimum atomic E-state index is -6.40. The van der Waals surface area contributed by atoms with E-state index in [1.165, 1.54) is 0 Å². The summed E-state index contributed by atoms with van der Waals surface area (Å²) in [6.45, 7) is -4.42. The maximum Gasteiger partial charge on any atom is 0.425 e. The molecule has 2 atom stereocenters. The average Bonchev–Trinajstić information content (AvgIpc) is 2.33. The summed E-state index contributed by atoms with van der Waals surface area (Å²) in [5, 5.41) is 0. The Kier molecular flexibility index (Phi) is 5.65. The van der Waals surface area contributed by atoms with Crippen LogP contribution < -0.4 is 0 Å². The van der Waals surface area contributed by atoms with Gasteiger partial charge in [0.1, 0.15) is 0 Å². The minimum absolute atomic E-state index is 1.28. The summed E-state index contributed by atoms with van der Waals surface area (Å²) in [6, 6.07) is -5.85. The lowest BCUT2D eigenvalue weighted by Crippen LogP contribution is -2.62. The second kappa shape index (κ2) is 6.48. The van der Waals surface area contributed by atoms with E-state index in [1.54, 1.807) is 0 Å². The number of alkyl halides is 11. The summed E-state index contributed by atoms with van der Waals surface area (Å²) < 4.78 is 168. The average molecular weight is 403 g/mol. The highest BCUT2D eigenvalue weighted by Gasteiger charge is 2.62. The molecule has 1 aliphatic heterocycles. The van der Waals surface area contributed by atoms with Gasteiger partial charge in [-0.1, -0.05) is 0 Å². The van der Waals surface area contributed by atoms with Gasteiger partial charge in [-0.25, -0.2) is 4.90 Å². The van der Waals surface area contributed by atoms with Crippen molar-refractivity contribution in [3.63, 3.8) is 0 Å². The van der Waals surface area contributed by atoms with Crippen LogP contribution >= 0.6 is 0 Å². The van der Waals surface area contributed by atoms with Crippen LogP contribution in [0, 0.1) is 0 Å². The van der Waals surface area contributed by atoms with Crippen molar-refractivity contribution in [2.45, 2.75) is 36.8 Å². The van der Waals surface area contributed by atoms with E-state index in [-0.39, 0.29) is 0 Å². The van der Waals surface area contributed by atoms with Crippen LogP contribution in [-0.2, 0) is 4.74 Å². The third-order valence-electron chi connectivity index (χ3n) is 3.00. The van der Waals surface area contributed by atoms with E-state index in [0.29, 0.717) is 0 Å². The highest BCUT2D eigenvalue weighted by atomic mass is 19.4. The van der Waals surface area contributed by atoms with E-state index in [4.69, 9.17) is 0 Å². The minimum Gasteiger partial charge on any atom is -0.353 e. The standard InChI is InChI=1S/C10H6F13NO/c11-6(12)5(9(19,20)21)10(22,23)24-1-3(7(13,14)15)25-4(2-24)8(16,17)18/h3-4H,1-2H2. The van der Waals surface area contributed by atoms with Gasteiger partial charge < -0.3 is 4.74 Å². The maximum absolute atomic E-state index is 13.7. The molecule has 2 nitrogen and oxygen atoms in total. The Bertz CT molecular complexity index is 490. The zero-order chi connectivity index (χ0) is 20.0. The summed E-state index contributed by atoms with van der Waals surface area (Å²) in [5.41, 5.74) is -3.84. The highest BCUT2D eigenvalue weighted by Crippen LogP contribution is 2.45. The van der Waals surface area contributed by atoms with Gasteiger partial charge in [-0.3, -0.25) is 0 Å². The topological polar surface area (TPSA) is 12.5 Å². The Labute approximate surface area is 129 Å². The smallest absolute Gasteiger partial charge is 0.353 e. The summed E-state index contributed by atoms with van der Waals surface area (Å²) in [4.78, 5) is -1.28. The monoisotopic (exact) mass is 403 g/mol. The summed E-state index contributed by atoms with van der Waals surface area (Å²) in [5.74, 6) is 0. The highest BCUT2D eigenvalue weighted by molar-refractivity contribution is 5.19. The van der Waals surface area contributed by atoms with Crippen molar-refractivity contribution >= 4 is 0 Å². The van der Waals surface area contributed by atoms with Crippen molar-refractivity contribution in [2.24, 2.45) is 0 Å². The molecule has 0 aromatic carbocycles. The molecule has 2 unspecified atom stereocenters. The quantitative estimate of drug-likeness (QED) is 0.498. The number of halogens is 13. The molecule has 0 aliphatic carbocycles. The van der Waals surface area contributed by atoms with Crippen LogP contribution in [0.2, 0.25) is 0 Å². The van der Waals surface area contributed by atoms with Gasteiger partial charge in [-0.2, -0.15) is 57.1 Å². The van der Waals surface area contributed by atoms with Crippen LogP contribution in [0.1, 0.15) is 0 Å². The molecule has 1 fully saturated rings. The first kappa shape index (κ1) is 21.8. The number of hydrogen-bond acceptors (Lipinski definition) is 2. The predicted molar refractivity (Wildman–Crippen MR) is 52.6 cm³/mol. The van der Waals surface area contributed by atoms with Gasteiger partial charge in [0.05, 0.1) is 0 Å². The van der Waals surface area contributed by atoms with E-state index >= 15 is 0 Å². The fourth-order valence-electron chi connectivity index (χ4n) is 1.90. The lowest BCUT2D eigenvalue weighted by atomic mass is 10.1. The van der Waals surface area contributed by atoms with Gasteiger partial charge in [0, 0.05) is 13.1 Å². The van der Waals surface area contributed by atoms with Crippen molar-refractivity contribution in [1.82, 2.24) is 4.90 Å². The van der Waals surface area contributed by atoms with Crippen LogP contribution in [0.15, 0.2) is 11.7 Å². The second-order valence-corrected chi connectivity index (χ2v) is 4.78. The summed E-state index contributed by atoms with van der Waals surface area (Å²) in [6.07, 6.45) is -28.8. The number of ether oxygens (including phenoxy) is 1. The fourth-order valence-corrected chi connectivity index (χ4v) is 1.90. The number of rotatable bonds is 2. The molecule has 1 rings (SSSR count). The number of hydrogen-bond donors (Lipinski definition) is 0. The zero-order valence-electron chi connectivity index (χ0n) is 11.3. The Hall–Kier alpha value is -1.25. The van der Waals surface area contributed by atoms with E-state index in [0.717, 1.165) is 0 Å². The normalized spacial score (nSPS) is 24.4.